The Hall–Kier alpha value is -2.65. The fraction of sp³-hybridized carbons (Fsp3) is 0.515. The Balaban J connectivity index is 0.000000272. The molecule has 1 saturated carbocycles. The number of oxazole rings is 1. The van der Waals surface area contributed by atoms with Crippen molar-refractivity contribution in [3.8, 4) is 0 Å². The highest BCUT2D eigenvalue weighted by atomic mass is 79.9. The number of alkyl halides is 4. The van der Waals surface area contributed by atoms with Gasteiger partial charge in [0.1, 0.15) is 6.54 Å². The maximum absolute atomic E-state index is 12.1. The largest absolute Gasteiger partial charge is 0.439 e. The number of nitrogens with two attached hydrogens (primary N) is 1. The molecule has 2 aliphatic rings. The molecule has 5 nitrogen and oxygen atoms in total. The second-order valence-corrected chi connectivity index (χ2v) is 11.2. The molecule has 2 heterocycles. The molecule has 1 unspecified atom stereocenters. The Bertz CT molecular complexity index is 1200. The van der Waals surface area contributed by atoms with Crippen LogP contribution in [-0.2, 0) is 12.7 Å². The first-order chi connectivity index (χ1) is 20.2. The summed E-state index contributed by atoms with van der Waals surface area (Å²) in [5.41, 5.74) is 5.17. The topological polar surface area (TPSA) is 73.6 Å². The van der Waals surface area contributed by atoms with E-state index in [-0.39, 0.29) is 5.56 Å². The number of primary amides is 1. The van der Waals surface area contributed by atoms with Crippen LogP contribution in [0.4, 0.5) is 13.2 Å². The van der Waals surface area contributed by atoms with Crippen LogP contribution in [-0.4, -0.2) is 29.8 Å². The lowest BCUT2D eigenvalue weighted by atomic mass is 9.77. The van der Waals surface area contributed by atoms with Gasteiger partial charge in [0.25, 0.3) is 0 Å². The molecule has 1 aromatic heterocycles. The Morgan fingerprint density at radius 2 is 1.69 bits per heavy atom. The number of hydrogen-bond acceptors (Lipinski definition) is 3. The van der Waals surface area contributed by atoms with E-state index >= 15 is 0 Å². The number of nitrogens with one attached hydrogen (secondary N) is 1. The van der Waals surface area contributed by atoms with Crippen LogP contribution in [0.2, 0.25) is 0 Å². The minimum atomic E-state index is -4.44. The lowest BCUT2D eigenvalue weighted by Gasteiger charge is -2.29. The maximum atomic E-state index is 12.1. The Morgan fingerprint density at radius 3 is 2.29 bits per heavy atom. The van der Waals surface area contributed by atoms with Gasteiger partial charge in [0.15, 0.2) is 5.76 Å². The Kier molecular flexibility index (Phi) is 13.6. The average Bonchev–Trinajstić information content (AvgIpc) is 3.47. The first-order valence-corrected chi connectivity index (χ1v) is 16.5. The van der Waals surface area contributed by atoms with Crippen LogP contribution >= 0.6 is 15.9 Å². The van der Waals surface area contributed by atoms with E-state index in [4.69, 9.17) is 15.1 Å². The number of carbonyl (C=O) groups excluding carboxylic acids is 1. The zero-order valence-electron chi connectivity index (χ0n) is 24.6. The van der Waals surface area contributed by atoms with Gasteiger partial charge >= 0.3 is 6.18 Å². The van der Waals surface area contributed by atoms with Crippen LogP contribution in [0, 0.1) is 11.8 Å². The molecule has 3 N–H and O–H groups in total. The van der Waals surface area contributed by atoms with Gasteiger partial charge in [-0.2, -0.15) is 13.2 Å². The number of rotatable bonds is 7. The van der Waals surface area contributed by atoms with E-state index in [1.54, 1.807) is 4.90 Å². The Labute approximate surface area is 256 Å². The molecule has 2 aromatic carbocycles. The van der Waals surface area contributed by atoms with Crippen LogP contribution in [0.1, 0.15) is 97.3 Å². The summed E-state index contributed by atoms with van der Waals surface area (Å²) < 4.78 is 42.6. The van der Waals surface area contributed by atoms with Crippen molar-refractivity contribution in [1.29, 1.82) is 0 Å². The van der Waals surface area contributed by atoms with Crippen molar-refractivity contribution in [3.05, 3.63) is 89.1 Å². The quantitative estimate of drug-likeness (QED) is 0.262. The molecule has 0 spiro atoms. The van der Waals surface area contributed by atoms with E-state index < -0.39 is 17.6 Å². The predicted molar refractivity (Wildman–Crippen MR) is 164 cm³/mol. The molecule has 42 heavy (non-hydrogen) atoms. The van der Waals surface area contributed by atoms with E-state index in [0.29, 0.717) is 11.8 Å². The lowest BCUT2D eigenvalue weighted by molar-refractivity contribution is -0.920. The molecular weight excluding hydrogens is 607 g/mol. The first-order valence-electron chi connectivity index (χ1n) is 14.9. The number of carbonyl (C=O) groups is 1. The summed E-state index contributed by atoms with van der Waals surface area (Å²) in [4.78, 5) is 17.0. The number of halogens is 4. The minimum Gasteiger partial charge on any atom is -0.439 e. The van der Waals surface area contributed by atoms with Gasteiger partial charge in [-0.1, -0.05) is 84.9 Å². The molecule has 1 saturated heterocycles. The molecule has 1 atom stereocenters. The summed E-state index contributed by atoms with van der Waals surface area (Å²) in [5.74, 6) is 4.89. The lowest BCUT2D eigenvalue weighted by Crippen LogP contribution is -3.11. The van der Waals surface area contributed by atoms with Crippen molar-refractivity contribution in [2.75, 3.05) is 18.9 Å². The first kappa shape index (κ1) is 33.8. The highest BCUT2D eigenvalue weighted by Crippen LogP contribution is 2.40. The monoisotopic (exact) mass is 650 g/mol. The zero-order valence-corrected chi connectivity index (χ0v) is 26.2. The van der Waals surface area contributed by atoms with Crippen molar-refractivity contribution >= 4 is 21.8 Å². The van der Waals surface area contributed by atoms with Gasteiger partial charge in [0, 0.05) is 5.56 Å². The SMILES string of the molecule is CBr.CCC1CC[NH+](Cc2cnc(C(c3ccccc3)C3CCCCC3)o2)CC1.NC(=O)c1cccc(C(F)(F)F)c1. The highest BCUT2D eigenvalue weighted by molar-refractivity contribution is 9.08. The summed E-state index contributed by atoms with van der Waals surface area (Å²) in [6.45, 7) is 5.88. The summed E-state index contributed by atoms with van der Waals surface area (Å²) in [6, 6.07) is 14.9. The van der Waals surface area contributed by atoms with Crippen molar-refractivity contribution in [3.63, 3.8) is 0 Å². The third kappa shape index (κ3) is 9.97. The van der Waals surface area contributed by atoms with E-state index in [2.05, 4.69) is 53.2 Å². The molecule has 2 fully saturated rings. The van der Waals surface area contributed by atoms with E-state index in [0.717, 1.165) is 42.3 Å². The van der Waals surface area contributed by atoms with Gasteiger partial charge in [-0.25, -0.2) is 4.98 Å². The average molecular weight is 652 g/mol. The fourth-order valence-electron chi connectivity index (χ4n) is 6.06. The van der Waals surface area contributed by atoms with E-state index in [1.165, 1.54) is 76.1 Å². The summed E-state index contributed by atoms with van der Waals surface area (Å²) in [6.07, 6.45) is 8.30. The van der Waals surface area contributed by atoms with E-state index in [9.17, 15) is 18.0 Å². The Morgan fingerprint density at radius 1 is 1.02 bits per heavy atom. The second kappa shape index (κ2) is 16.8. The molecule has 0 radical (unpaired) electrons. The molecule has 1 amide bonds. The highest BCUT2D eigenvalue weighted by Gasteiger charge is 2.32. The van der Waals surface area contributed by atoms with Crippen LogP contribution < -0.4 is 10.6 Å². The summed E-state index contributed by atoms with van der Waals surface area (Å²) in [7, 11) is 0. The van der Waals surface area contributed by atoms with Gasteiger partial charge in [-0.15, -0.1) is 0 Å². The summed E-state index contributed by atoms with van der Waals surface area (Å²) in [5, 5.41) is 0. The standard InChI is InChI=1S/C24H34N2O.C8H6F3NO.CH3Br/c1-2-19-13-15-26(16-14-19)18-22-17-25-24(27-22)23(20-9-5-3-6-10-20)21-11-7-4-8-12-21;9-8(10,11)6-3-1-2-5(4-6)7(12)13;1-2/h3,5-6,9-10,17,19,21,23H,2,4,7-8,11-16,18H2,1H3;1-4H,(H2,12,13);1H3/p+1. The molecule has 1 aliphatic heterocycles. The second-order valence-electron chi connectivity index (χ2n) is 11.2. The third-order valence-electron chi connectivity index (χ3n) is 8.41. The van der Waals surface area contributed by atoms with Gasteiger partial charge in [-0.3, -0.25) is 4.79 Å². The van der Waals surface area contributed by atoms with Crippen molar-refractivity contribution in [2.45, 2.75) is 76.9 Å². The fourth-order valence-corrected chi connectivity index (χ4v) is 6.06. The van der Waals surface area contributed by atoms with Crippen LogP contribution in [0.25, 0.3) is 0 Å². The molecule has 9 heteroatoms. The van der Waals surface area contributed by atoms with Crippen LogP contribution in [0.3, 0.4) is 0 Å². The predicted octanol–water partition coefficient (Wildman–Crippen LogP) is 7.41. The number of likely N-dealkylation sites (tertiary alicyclic amines) is 1. The summed E-state index contributed by atoms with van der Waals surface area (Å²) >= 11 is 2.94. The normalized spacial score (nSPS) is 20.0. The van der Waals surface area contributed by atoms with Gasteiger partial charge in [-0.05, 0) is 67.1 Å². The number of nitrogens with zero attached hydrogens (tertiary/aromatic N) is 1. The number of aromatic nitrogens is 1. The van der Waals surface area contributed by atoms with E-state index in [1.807, 2.05) is 12.0 Å². The number of amides is 1. The molecular formula is C33H44BrF3N3O2+. The number of hydrogen-bond donors (Lipinski definition) is 2. The van der Waals surface area contributed by atoms with Crippen LogP contribution in [0.5, 0.6) is 0 Å². The van der Waals surface area contributed by atoms with Crippen molar-refractivity contribution in [2.24, 2.45) is 17.6 Å². The molecule has 3 aromatic rings. The molecule has 230 valence electrons. The van der Waals surface area contributed by atoms with Crippen LogP contribution in [0.15, 0.2) is 65.2 Å². The molecule has 1 aliphatic carbocycles. The smallest absolute Gasteiger partial charge is 0.416 e. The minimum absolute atomic E-state index is 0.144. The third-order valence-corrected chi connectivity index (χ3v) is 8.41. The van der Waals surface area contributed by atoms with Gasteiger partial charge in [0.2, 0.25) is 11.8 Å². The van der Waals surface area contributed by atoms with Gasteiger partial charge in [0.05, 0.1) is 30.8 Å². The van der Waals surface area contributed by atoms with Crippen molar-refractivity contribution < 1.29 is 27.3 Å². The van der Waals surface area contributed by atoms with Gasteiger partial charge < -0.3 is 15.1 Å². The molecule has 5 rings (SSSR count). The number of piperidine rings is 1. The molecule has 0 bridgehead atoms. The number of quaternary nitrogens is 1. The maximum Gasteiger partial charge on any atom is 0.416 e. The van der Waals surface area contributed by atoms with Crippen molar-refractivity contribution in [1.82, 2.24) is 4.98 Å². The zero-order chi connectivity index (χ0) is 30.5. The number of benzene rings is 2.